The molecule has 0 aromatic rings. The summed E-state index contributed by atoms with van der Waals surface area (Å²) < 4.78 is 0. The minimum absolute atomic E-state index is 0.0337. The molecule has 3 nitrogen and oxygen atoms in total. The molecule has 1 rings (SSSR count). The predicted molar refractivity (Wildman–Crippen MR) is 76.3 cm³/mol. The first-order chi connectivity index (χ1) is 8.65. The Hall–Kier alpha value is -0.570. The van der Waals surface area contributed by atoms with Gasteiger partial charge in [-0.3, -0.25) is 4.79 Å². The second kappa shape index (κ2) is 8.52. The summed E-state index contributed by atoms with van der Waals surface area (Å²) in [7, 11) is 0. The molecule has 1 amide bonds. The zero-order chi connectivity index (χ0) is 13.4. The van der Waals surface area contributed by atoms with Gasteiger partial charge in [0.1, 0.15) is 0 Å². The lowest BCUT2D eigenvalue weighted by atomic mass is 9.83. The largest absolute Gasteiger partial charge is 0.353 e. The monoisotopic (exact) mass is 254 g/mol. The van der Waals surface area contributed by atoms with Crippen molar-refractivity contribution in [3.8, 4) is 0 Å². The van der Waals surface area contributed by atoms with Crippen LogP contribution in [0.5, 0.6) is 0 Å². The third-order valence-corrected chi connectivity index (χ3v) is 4.02. The van der Waals surface area contributed by atoms with E-state index in [0.29, 0.717) is 12.5 Å². The molecule has 0 aromatic heterocycles. The highest BCUT2D eigenvalue weighted by Crippen LogP contribution is 2.27. The minimum atomic E-state index is 0.0337. The third kappa shape index (κ3) is 5.85. The number of carbonyl (C=O) groups excluding carboxylic acids is 1. The van der Waals surface area contributed by atoms with Gasteiger partial charge in [0.25, 0.3) is 0 Å². The van der Waals surface area contributed by atoms with Crippen LogP contribution in [0.25, 0.3) is 0 Å². The fourth-order valence-corrected chi connectivity index (χ4v) is 3.00. The quantitative estimate of drug-likeness (QED) is 0.734. The zero-order valence-corrected chi connectivity index (χ0v) is 12.1. The van der Waals surface area contributed by atoms with Crippen molar-refractivity contribution in [3.63, 3.8) is 0 Å². The Kier molecular flexibility index (Phi) is 7.33. The van der Waals surface area contributed by atoms with Crippen molar-refractivity contribution >= 4 is 5.91 Å². The Bertz CT molecular complexity index is 235. The molecule has 0 spiro atoms. The normalized spacial score (nSPS) is 25.7. The highest BCUT2D eigenvalue weighted by atomic mass is 16.1. The van der Waals surface area contributed by atoms with E-state index in [1.807, 2.05) is 0 Å². The van der Waals surface area contributed by atoms with Crippen LogP contribution in [0.3, 0.4) is 0 Å². The van der Waals surface area contributed by atoms with Gasteiger partial charge in [0, 0.05) is 18.5 Å². The van der Waals surface area contributed by atoms with Gasteiger partial charge in [-0.15, -0.1) is 0 Å². The minimum Gasteiger partial charge on any atom is -0.353 e. The van der Waals surface area contributed by atoms with E-state index in [9.17, 15) is 4.79 Å². The first kappa shape index (κ1) is 15.5. The summed E-state index contributed by atoms with van der Waals surface area (Å²) in [4.78, 5) is 11.8. The number of rotatable bonds is 7. The van der Waals surface area contributed by atoms with Crippen molar-refractivity contribution in [3.05, 3.63) is 0 Å². The number of carbonyl (C=O) groups is 1. The van der Waals surface area contributed by atoms with Crippen LogP contribution in [0.4, 0.5) is 0 Å². The van der Waals surface area contributed by atoms with E-state index in [-0.39, 0.29) is 11.9 Å². The van der Waals surface area contributed by atoms with E-state index in [4.69, 9.17) is 5.73 Å². The van der Waals surface area contributed by atoms with Gasteiger partial charge in [-0.05, 0) is 38.0 Å². The molecule has 0 aromatic carbocycles. The Balaban J connectivity index is 2.18. The van der Waals surface area contributed by atoms with Crippen LogP contribution in [0.1, 0.15) is 71.6 Å². The van der Waals surface area contributed by atoms with Crippen molar-refractivity contribution in [1.82, 2.24) is 5.32 Å². The van der Waals surface area contributed by atoms with Gasteiger partial charge in [0.2, 0.25) is 5.91 Å². The maximum Gasteiger partial charge on any atom is 0.221 e. The van der Waals surface area contributed by atoms with Crippen LogP contribution in [-0.4, -0.2) is 18.0 Å². The first-order valence-corrected chi connectivity index (χ1v) is 7.70. The number of nitrogens with two attached hydrogens (primary N) is 1. The number of hydrogen-bond donors (Lipinski definition) is 2. The van der Waals surface area contributed by atoms with E-state index in [2.05, 4.69) is 19.2 Å². The lowest BCUT2D eigenvalue weighted by Gasteiger charge is -2.29. The molecular formula is C15H30N2O. The molecule has 1 fully saturated rings. The maximum atomic E-state index is 11.8. The average molecular weight is 254 g/mol. The molecule has 1 atom stereocenters. The van der Waals surface area contributed by atoms with Crippen molar-refractivity contribution in [2.24, 2.45) is 11.7 Å². The molecule has 18 heavy (non-hydrogen) atoms. The molecule has 0 saturated heterocycles. The number of amides is 1. The third-order valence-electron chi connectivity index (χ3n) is 4.02. The summed E-state index contributed by atoms with van der Waals surface area (Å²) in [5, 5.41) is 3.15. The fraction of sp³-hybridized carbons (Fsp3) is 0.933. The molecule has 0 bridgehead atoms. The summed E-state index contributed by atoms with van der Waals surface area (Å²) >= 11 is 0. The first-order valence-electron chi connectivity index (χ1n) is 7.70. The molecule has 3 N–H and O–H groups in total. The van der Waals surface area contributed by atoms with Gasteiger partial charge < -0.3 is 11.1 Å². The average Bonchev–Trinajstić information content (AvgIpc) is 2.32. The summed E-state index contributed by atoms with van der Waals surface area (Å²) in [6.07, 6.45) is 9.98. The van der Waals surface area contributed by atoms with Gasteiger partial charge >= 0.3 is 0 Å². The predicted octanol–water partition coefficient (Wildman–Crippen LogP) is 2.98. The molecule has 1 aliphatic rings. The Morgan fingerprint density at radius 2 is 1.89 bits per heavy atom. The lowest BCUT2D eigenvalue weighted by molar-refractivity contribution is -0.122. The topological polar surface area (TPSA) is 55.1 Å². The fourth-order valence-electron chi connectivity index (χ4n) is 3.00. The molecular weight excluding hydrogens is 224 g/mol. The Morgan fingerprint density at radius 1 is 1.22 bits per heavy atom. The van der Waals surface area contributed by atoms with Crippen molar-refractivity contribution in [1.29, 1.82) is 0 Å². The molecule has 0 heterocycles. The molecule has 106 valence electrons. The Morgan fingerprint density at radius 3 is 2.44 bits per heavy atom. The van der Waals surface area contributed by atoms with E-state index < -0.39 is 0 Å². The van der Waals surface area contributed by atoms with Crippen LogP contribution >= 0.6 is 0 Å². The van der Waals surface area contributed by atoms with Crippen molar-refractivity contribution in [2.75, 3.05) is 0 Å². The second-order valence-corrected chi connectivity index (χ2v) is 5.83. The molecule has 1 aliphatic carbocycles. The van der Waals surface area contributed by atoms with Crippen molar-refractivity contribution in [2.45, 2.75) is 83.7 Å². The lowest BCUT2D eigenvalue weighted by Crippen LogP contribution is -2.40. The van der Waals surface area contributed by atoms with Crippen LogP contribution in [-0.2, 0) is 4.79 Å². The maximum absolute atomic E-state index is 11.8. The molecule has 1 unspecified atom stereocenters. The van der Waals surface area contributed by atoms with E-state index >= 15 is 0 Å². The summed E-state index contributed by atoms with van der Waals surface area (Å²) in [5.41, 5.74) is 5.89. The standard InChI is InChI=1S/C15H30N2O/c1-3-5-12-7-9-14(10-8-12)17-15(18)11-13(16)6-4-2/h12-14H,3-11,16H2,1-2H3,(H,17,18). The van der Waals surface area contributed by atoms with Crippen LogP contribution in [0.15, 0.2) is 0 Å². The molecule has 0 radical (unpaired) electrons. The highest BCUT2D eigenvalue weighted by Gasteiger charge is 2.22. The summed E-state index contributed by atoms with van der Waals surface area (Å²) in [6, 6.07) is 0.436. The SMILES string of the molecule is CCCC(N)CC(=O)NC1CCC(CCC)CC1. The molecule has 0 aliphatic heterocycles. The van der Waals surface area contributed by atoms with Gasteiger partial charge in [-0.25, -0.2) is 0 Å². The number of hydrogen-bond acceptors (Lipinski definition) is 2. The van der Waals surface area contributed by atoms with Crippen LogP contribution in [0.2, 0.25) is 0 Å². The highest BCUT2D eigenvalue weighted by molar-refractivity contribution is 5.76. The smallest absolute Gasteiger partial charge is 0.221 e. The van der Waals surface area contributed by atoms with E-state index in [1.54, 1.807) is 0 Å². The van der Waals surface area contributed by atoms with Crippen molar-refractivity contribution < 1.29 is 4.79 Å². The van der Waals surface area contributed by atoms with Gasteiger partial charge in [0.05, 0.1) is 0 Å². The van der Waals surface area contributed by atoms with Crippen LogP contribution < -0.4 is 11.1 Å². The van der Waals surface area contributed by atoms with E-state index in [1.165, 1.54) is 25.7 Å². The zero-order valence-electron chi connectivity index (χ0n) is 12.1. The molecule has 3 heteroatoms. The second-order valence-electron chi connectivity index (χ2n) is 5.83. The summed E-state index contributed by atoms with van der Waals surface area (Å²) in [5.74, 6) is 1.04. The number of nitrogens with one attached hydrogen (secondary N) is 1. The van der Waals surface area contributed by atoms with Gasteiger partial charge in [-0.1, -0.05) is 33.1 Å². The summed E-state index contributed by atoms with van der Waals surface area (Å²) in [6.45, 7) is 4.36. The van der Waals surface area contributed by atoms with Gasteiger partial charge in [-0.2, -0.15) is 0 Å². The molecule has 1 saturated carbocycles. The van der Waals surface area contributed by atoms with Gasteiger partial charge in [0.15, 0.2) is 0 Å². The van der Waals surface area contributed by atoms with Crippen LogP contribution in [0, 0.1) is 5.92 Å². The Labute approximate surface area is 112 Å². The van der Waals surface area contributed by atoms with E-state index in [0.717, 1.165) is 31.6 Å².